The van der Waals surface area contributed by atoms with Gasteiger partial charge in [-0.05, 0) is 36.8 Å². The van der Waals surface area contributed by atoms with Crippen molar-refractivity contribution in [2.24, 2.45) is 11.8 Å². The number of nitrogens with one attached hydrogen (secondary N) is 1. The van der Waals surface area contributed by atoms with Gasteiger partial charge in [-0.2, -0.15) is 5.21 Å². The van der Waals surface area contributed by atoms with Gasteiger partial charge in [0.25, 0.3) is 0 Å². The molecule has 3 N–H and O–H groups in total. The number of hydrogen-bond acceptors (Lipinski definition) is 7. The first kappa shape index (κ1) is 19.2. The van der Waals surface area contributed by atoms with Crippen LogP contribution in [0.15, 0.2) is 18.3 Å². The van der Waals surface area contributed by atoms with Gasteiger partial charge in [0.1, 0.15) is 5.82 Å². The minimum absolute atomic E-state index is 0.0758. The van der Waals surface area contributed by atoms with E-state index >= 15 is 0 Å². The molecule has 1 aliphatic rings. The fourth-order valence-corrected chi connectivity index (χ4v) is 3.92. The average molecular weight is 374 g/mol. The maximum Gasteiger partial charge on any atom is 0.307 e. The second kappa shape index (κ2) is 8.43. The van der Waals surface area contributed by atoms with Gasteiger partial charge in [0, 0.05) is 18.7 Å². The zero-order chi connectivity index (χ0) is 19.4. The largest absolute Gasteiger partial charge is 0.481 e. The highest BCUT2D eigenvalue weighted by Crippen LogP contribution is 2.32. The lowest BCUT2D eigenvalue weighted by molar-refractivity contribution is -0.144. The molecule has 0 saturated carbocycles. The number of aliphatic carboxylic acids is 1. The second-order valence-corrected chi connectivity index (χ2v) is 7.39. The van der Waals surface area contributed by atoms with E-state index in [-0.39, 0.29) is 18.6 Å². The zero-order valence-electron chi connectivity index (χ0n) is 15.6. The van der Waals surface area contributed by atoms with Gasteiger partial charge in [-0.3, -0.25) is 4.79 Å². The molecule has 9 heteroatoms. The molecule has 0 amide bonds. The van der Waals surface area contributed by atoms with Gasteiger partial charge in [0.2, 0.25) is 0 Å². The van der Waals surface area contributed by atoms with E-state index in [0.717, 1.165) is 30.8 Å². The number of anilines is 1. The highest BCUT2D eigenvalue weighted by atomic mass is 16.4. The first-order chi connectivity index (χ1) is 13.0. The number of H-pyrrole nitrogens is 1. The number of aromatic amines is 1. The first-order valence-corrected chi connectivity index (χ1v) is 9.29. The van der Waals surface area contributed by atoms with E-state index in [9.17, 15) is 15.0 Å². The van der Waals surface area contributed by atoms with Crippen LogP contribution in [0.5, 0.6) is 0 Å². The Balaban J connectivity index is 1.81. The standard InChI is InChI=1S/C18H26N6O3/c1-11(2)16(18(26)27)14(17-20-22-23-21-17)8-12-5-6-15(19-9-12)24-7-3-4-13(24)10-25/h5-6,9,11,13-14,16,25H,3-4,7-8,10H2,1-2H3,(H,26,27)(H,20,21,22,23)/t13-,14+,16?/m1/s1. The van der Waals surface area contributed by atoms with Crippen molar-refractivity contribution >= 4 is 11.8 Å². The molecule has 1 unspecified atom stereocenters. The molecule has 0 spiro atoms. The molecule has 1 aliphatic heterocycles. The van der Waals surface area contributed by atoms with E-state index < -0.39 is 17.8 Å². The quantitative estimate of drug-likeness (QED) is 0.629. The number of rotatable bonds is 8. The third kappa shape index (κ3) is 4.24. The summed E-state index contributed by atoms with van der Waals surface area (Å²) in [5, 5.41) is 33.3. The molecule has 0 aliphatic carbocycles. The van der Waals surface area contributed by atoms with Gasteiger partial charge in [-0.15, -0.1) is 10.2 Å². The van der Waals surface area contributed by atoms with Gasteiger partial charge in [0.15, 0.2) is 5.82 Å². The number of tetrazole rings is 1. The SMILES string of the molecule is CC(C)C(C(=O)O)[C@H](Cc1ccc(N2CCC[C@@H]2CO)nc1)c1nn[nH]n1. The molecule has 3 heterocycles. The topological polar surface area (TPSA) is 128 Å². The maximum atomic E-state index is 11.8. The first-order valence-electron chi connectivity index (χ1n) is 9.29. The van der Waals surface area contributed by atoms with Crippen molar-refractivity contribution in [2.45, 2.75) is 45.1 Å². The third-order valence-corrected chi connectivity index (χ3v) is 5.28. The Kier molecular flexibility index (Phi) is 6.00. The van der Waals surface area contributed by atoms with Crippen LogP contribution < -0.4 is 4.90 Å². The number of pyridine rings is 1. The molecule has 1 saturated heterocycles. The average Bonchev–Trinajstić information content (AvgIpc) is 3.32. The molecule has 2 aromatic heterocycles. The summed E-state index contributed by atoms with van der Waals surface area (Å²) in [6.45, 7) is 4.78. The summed E-state index contributed by atoms with van der Waals surface area (Å²) in [7, 11) is 0. The monoisotopic (exact) mass is 374 g/mol. The summed E-state index contributed by atoms with van der Waals surface area (Å²) in [4.78, 5) is 18.5. The van der Waals surface area contributed by atoms with Crippen LogP contribution in [0.1, 0.15) is 44.0 Å². The Morgan fingerprint density at radius 2 is 2.22 bits per heavy atom. The van der Waals surface area contributed by atoms with Gasteiger partial charge >= 0.3 is 5.97 Å². The summed E-state index contributed by atoms with van der Waals surface area (Å²) in [5.41, 5.74) is 0.917. The van der Waals surface area contributed by atoms with E-state index in [1.165, 1.54) is 0 Å². The molecule has 27 heavy (non-hydrogen) atoms. The minimum Gasteiger partial charge on any atom is -0.481 e. The molecular weight excluding hydrogens is 348 g/mol. The van der Waals surface area contributed by atoms with E-state index in [1.54, 1.807) is 6.20 Å². The Labute approximate surface area is 157 Å². The van der Waals surface area contributed by atoms with Crippen molar-refractivity contribution < 1.29 is 15.0 Å². The highest BCUT2D eigenvalue weighted by Gasteiger charge is 2.35. The predicted molar refractivity (Wildman–Crippen MR) is 98.3 cm³/mol. The molecule has 146 valence electrons. The molecule has 1 fully saturated rings. The summed E-state index contributed by atoms with van der Waals surface area (Å²) in [6, 6.07) is 4.01. The van der Waals surface area contributed by atoms with Crippen LogP contribution in [0, 0.1) is 11.8 Å². The normalized spacial score (nSPS) is 19.4. The fraction of sp³-hybridized carbons (Fsp3) is 0.611. The Bertz CT molecular complexity index is 734. The van der Waals surface area contributed by atoms with Crippen molar-refractivity contribution in [3.63, 3.8) is 0 Å². The molecule has 0 bridgehead atoms. The zero-order valence-corrected chi connectivity index (χ0v) is 15.6. The van der Waals surface area contributed by atoms with Crippen LogP contribution >= 0.6 is 0 Å². The fourth-order valence-electron chi connectivity index (χ4n) is 3.92. The van der Waals surface area contributed by atoms with Crippen molar-refractivity contribution in [2.75, 3.05) is 18.1 Å². The molecule has 0 radical (unpaired) electrons. The number of nitrogens with zero attached hydrogens (tertiary/aromatic N) is 5. The third-order valence-electron chi connectivity index (χ3n) is 5.28. The lowest BCUT2D eigenvalue weighted by atomic mass is 9.79. The Morgan fingerprint density at radius 3 is 2.78 bits per heavy atom. The van der Waals surface area contributed by atoms with Gasteiger partial charge < -0.3 is 15.1 Å². The molecule has 3 rings (SSSR count). The van der Waals surface area contributed by atoms with Crippen LogP contribution in [0.2, 0.25) is 0 Å². The number of aromatic nitrogens is 5. The predicted octanol–water partition coefficient (Wildman–Crippen LogP) is 1.24. The smallest absolute Gasteiger partial charge is 0.307 e. The van der Waals surface area contributed by atoms with Gasteiger partial charge in [-0.1, -0.05) is 25.1 Å². The molecular formula is C18H26N6O3. The summed E-state index contributed by atoms with van der Waals surface area (Å²) in [5.74, 6) is -0.726. The summed E-state index contributed by atoms with van der Waals surface area (Å²) >= 11 is 0. The number of carboxylic acid groups (broad SMARTS) is 1. The van der Waals surface area contributed by atoms with Crippen molar-refractivity contribution in [3.8, 4) is 0 Å². The lowest BCUT2D eigenvalue weighted by Gasteiger charge is -2.26. The van der Waals surface area contributed by atoms with Crippen molar-refractivity contribution in [1.29, 1.82) is 0 Å². The lowest BCUT2D eigenvalue weighted by Crippen LogP contribution is -2.32. The number of aliphatic hydroxyl groups excluding tert-OH is 1. The van der Waals surface area contributed by atoms with E-state index in [0.29, 0.717) is 12.2 Å². The summed E-state index contributed by atoms with van der Waals surface area (Å²) < 4.78 is 0. The minimum atomic E-state index is -0.868. The number of carboxylic acids is 1. The number of aliphatic hydroxyl groups is 1. The highest BCUT2D eigenvalue weighted by molar-refractivity contribution is 5.71. The Hall–Kier alpha value is -2.55. The van der Waals surface area contributed by atoms with E-state index in [1.807, 2.05) is 26.0 Å². The van der Waals surface area contributed by atoms with E-state index in [2.05, 4.69) is 30.5 Å². The molecule has 3 atom stereocenters. The maximum absolute atomic E-state index is 11.8. The number of carbonyl (C=O) groups is 1. The molecule has 0 aromatic carbocycles. The molecule has 9 nitrogen and oxygen atoms in total. The van der Waals surface area contributed by atoms with Crippen LogP contribution in [0.4, 0.5) is 5.82 Å². The molecule has 2 aromatic rings. The van der Waals surface area contributed by atoms with Crippen LogP contribution in [-0.2, 0) is 11.2 Å². The summed E-state index contributed by atoms with van der Waals surface area (Å²) in [6.07, 6.45) is 4.25. The van der Waals surface area contributed by atoms with Crippen LogP contribution in [0.3, 0.4) is 0 Å². The second-order valence-electron chi connectivity index (χ2n) is 7.39. The van der Waals surface area contributed by atoms with Crippen LogP contribution in [0.25, 0.3) is 0 Å². The van der Waals surface area contributed by atoms with E-state index in [4.69, 9.17) is 0 Å². The van der Waals surface area contributed by atoms with Gasteiger partial charge in [0.05, 0.1) is 18.6 Å². The van der Waals surface area contributed by atoms with Crippen LogP contribution in [-0.4, -0.2) is 61.0 Å². The Morgan fingerprint density at radius 1 is 1.41 bits per heavy atom. The van der Waals surface area contributed by atoms with Gasteiger partial charge in [-0.25, -0.2) is 4.98 Å². The van der Waals surface area contributed by atoms with Crippen molar-refractivity contribution in [3.05, 3.63) is 29.7 Å². The van der Waals surface area contributed by atoms with Crippen molar-refractivity contribution in [1.82, 2.24) is 25.6 Å². The number of hydrogen-bond donors (Lipinski definition) is 3.